The van der Waals surface area contributed by atoms with Gasteiger partial charge in [0.1, 0.15) is 6.33 Å². The summed E-state index contributed by atoms with van der Waals surface area (Å²) in [5.41, 5.74) is 1.87. The van der Waals surface area contributed by atoms with Gasteiger partial charge in [-0.2, -0.15) is 0 Å². The molecule has 2 rings (SSSR count). The van der Waals surface area contributed by atoms with Crippen molar-refractivity contribution in [1.29, 1.82) is 0 Å². The van der Waals surface area contributed by atoms with Gasteiger partial charge in [-0.15, -0.1) is 5.10 Å². The topological polar surface area (TPSA) is 43.6 Å². The van der Waals surface area contributed by atoms with E-state index in [4.69, 9.17) is 0 Å². The summed E-state index contributed by atoms with van der Waals surface area (Å²) in [5.74, 6) is 0. The summed E-state index contributed by atoms with van der Waals surface area (Å²) in [7, 11) is 0. The van der Waals surface area contributed by atoms with Crippen LogP contribution in [0.3, 0.4) is 0 Å². The van der Waals surface area contributed by atoms with Crippen LogP contribution in [0.1, 0.15) is 5.56 Å². The molecule has 0 aliphatic rings. The molecule has 2 aromatic rings. The smallest absolute Gasteiger partial charge is 0.143 e. The lowest BCUT2D eigenvalue weighted by atomic mass is 10.2. The second kappa shape index (κ2) is 2.73. The van der Waals surface area contributed by atoms with Crippen molar-refractivity contribution < 1.29 is 0 Å². The van der Waals surface area contributed by atoms with Gasteiger partial charge in [-0.25, -0.2) is 4.68 Å². The maximum absolute atomic E-state index is 3.81. The Balaban J connectivity index is 2.48. The van der Waals surface area contributed by atoms with Gasteiger partial charge in [0.05, 0.1) is 5.69 Å². The molecule has 0 spiro atoms. The first-order chi connectivity index (χ1) is 5.86. The van der Waals surface area contributed by atoms with Crippen LogP contribution >= 0.6 is 0 Å². The Morgan fingerprint density at radius 1 is 1.33 bits per heavy atom. The molecular formula is C8H7N4. The maximum Gasteiger partial charge on any atom is 0.143 e. The molecule has 1 aromatic carbocycles. The average Bonchev–Trinajstić information content (AvgIpc) is 2.56. The molecule has 0 saturated heterocycles. The number of aromatic nitrogens is 4. The Bertz CT molecular complexity index is 366. The van der Waals surface area contributed by atoms with Gasteiger partial charge in [0.25, 0.3) is 0 Å². The van der Waals surface area contributed by atoms with Gasteiger partial charge in [-0.05, 0) is 35.0 Å². The van der Waals surface area contributed by atoms with Crippen molar-refractivity contribution in [3.05, 3.63) is 43.1 Å². The van der Waals surface area contributed by atoms with Gasteiger partial charge in [0.15, 0.2) is 0 Å². The fourth-order valence-corrected chi connectivity index (χ4v) is 0.979. The fourth-order valence-electron chi connectivity index (χ4n) is 0.979. The number of hydrogen-bond acceptors (Lipinski definition) is 3. The zero-order valence-corrected chi connectivity index (χ0v) is 6.38. The predicted octanol–water partition coefficient (Wildman–Crippen LogP) is 0.844. The molecular weight excluding hydrogens is 152 g/mol. The molecule has 0 bridgehead atoms. The van der Waals surface area contributed by atoms with Gasteiger partial charge in [-0.3, -0.25) is 0 Å². The van der Waals surface area contributed by atoms with Crippen LogP contribution < -0.4 is 0 Å². The van der Waals surface area contributed by atoms with Crippen LogP contribution in [0.25, 0.3) is 5.69 Å². The van der Waals surface area contributed by atoms with Gasteiger partial charge < -0.3 is 0 Å². The summed E-state index contributed by atoms with van der Waals surface area (Å²) in [6.07, 6.45) is 1.55. The molecule has 0 N–H and O–H groups in total. The van der Waals surface area contributed by atoms with Crippen molar-refractivity contribution in [3.63, 3.8) is 0 Å². The van der Waals surface area contributed by atoms with E-state index in [2.05, 4.69) is 22.4 Å². The Morgan fingerprint density at radius 3 is 2.92 bits per heavy atom. The molecule has 0 aliphatic heterocycles. The number of tetrazole rings is 1. The summed E-state index contributed by atoms with van der Waals surface area (Å²) < 4.78 is 1.59. The van der Waals surface area contributed by atoms with E-state index in [1.165, 1.54) is 0 Å². The summed E-state index contributed by atoms with van der Waals surface area (Å²) in [6, 6.07) is 7.68. The molecule has 1 radical (unpaired) electrons. The van der Waals surface area contributed by atoms with Crippen LogP contribution in [0.5, 0.6) is 0 Å². The van der Waals surface area contributed by atoms with Crippen molar-refractivity contribution >= 4 is 0 Å². The summed E-state index contributed by atoms with van der Waals surface area (Å²) >= 11 is 0. The van der Waals surface area contributed by atoms with E-state index in [0.717, 1.165) is 11.3 Å². The quantitative estimate of drug-likeness (QED) is 0.619. The van der Waals surface area contributed by atoms with Crippen molar-refractivity contribution in [2.24, 2.45) is 0 Å². The molecule has 4 heteroatoms. The third kappa shape index (κ3) is 1.18. The Kier molecular flexibility index (Phi) is 1.59. The van der Waals surface area contributed by atoms with Gasteiger partial charge in [0.2, 0.25) is 0 Å². The van der Waals surface area contributed by atoms with Crippen LogP contribution in [0.4, 0.5) is 0 Å². The summed E-state index contributed by atoms with van der Waals surface area (Å²) in [6.45, 7) is 3.81. The van der Waals surface area contributed by atoms with Crippen molar-refractivity contribution in [1.82, 2.24) is 20.2 Å². The first-order valence-corrected chi connectivity index (χ1v) is 3.51. The molecule has 0 saturated carbocycles. The van der Waals surface area contributed by atoms with E-state index in [0.29, 0.717) is 0 Å². The molecule has 0 atom stereocenters. The minimum Gasteiger partial charge on any atom is -0.201 e. The Hall–Kier alpha value is -1.71. The first-order valence-electron chi connectivity index (χ1n) is 3.51. The summed E-state index contributed by atoms with van der Waals surface area (Å²) in [4.78, 5) is 0. The highest BCUT2D eigenvalue weighted by atomic mass is 15.5. The molecule has 0 unspecified atom stereocenters. The number of rotatable bonds is 1. The largest absolute Gasteiger partial charge is 0.201 e. The lowest BCUT2D eigenvalue weighted by Gasteiger charge is -1.98. The molecule has 59 valence electrons. The summed E-state index contributed by atoms with van der Waals surface area (Å²) in [5, 5.41) is 10.8. The van der Waals surface area contributed by atoms with E-state index < -0.39 is 0 Å². The van der Waals surface area contributed by atoms with Gasteiger partial charge in [0, 0.05) is 0 Å². The van der Waals surface area contributed by atoms with Gasteiger partial charge in [-0.1, -0.05) is 12.1 Å². The van der Waals surface area contributed by atoms with Crippen molar-refractivity contribution in [3.8, 4) is 5.69 Å². The standard InChI is InChI=1S/C8H7N4/c1-7-3-2-4-8(5-7)12-6-9-10-11-12/h2-6H,1H2. The molecule has 0 aliphatic carbocycles. The Morgan fingerprint density at radius 2 is 2.25 bits per heavy atom. The van der Waals surface area contributed by atoms with Crippen LogP contribution in [0.2, 0.25) is 0 Å². The van der Waals surface area contributed by atoms with Gasteiger partial charge >= 0.3 is 0 Å². The maximum atomic E-state index is 3.81. The number of benzene rings is 1. The van der Waals surface area contributed by atoms with Crippen molar-refractivity contribution in [2.75, 3.05) is 0 Å². The molecule has 1 aromatic heterocycles. The molecule has 0 amide bonds. The van der Waals surface area contributed by atoms with Crippen LogP contribution in [-0.4, -0.2) is 20.2 Å². The van der Waals surface area contributed by atoms with E-state index >= 15 is 0 Å². The monoisotopic (exact) mass is 159 g/mol. The van der Waals surface area contributed by atoms with Crippen molar-refractivity contribution in [2.45, 2.75) is 0 Å². The molecule has 1 heterocycles. The van der Waals surface area contributed by atoms with Crippen LogP contribution in [0, 0.1) is 6.92 Å². The molecule has 12 heavy (non-hydrogen) atoms. The second-order valence-corrected chi connectivity index (χ2v) is 2.42. The van der Waals surface area contributed by atoms with E-state index in [1.54, 1.807) is 11.0 Å². The Labute approximate surface area is 69.8 Å². The zero-order chi connectivity index (χ0) is 8.39. The van der Waals surface area contributed by atoms with E-state index in [1.807, 2.05) is 24.3 Å². The molecule has 0 fully saturated rings. The third-order valence-corrected chi connectivity index (χ3v) is 1.52. The minimum absolute atomic E-state index is 0.924. The average molecular weight is 159 g/mol. The SMILES string of the molecule is [CH2]c1cccc(-n2cnnn2)c1. The predicted molar refractivity (Wildman–Crippen MR) is 43.6 cm³/mol. The lowest BCUT2D eigenvalue weighted by molar-refractivity contribution is 0.789. The third-order valence-electron chi connectivity index (χ3n) is 1.52. The number of hydrogen-bond donors (Lipinski definition) is 0. The highest BCUT2D eigenvalue weighted by Crippen LogP contribution is 2.06. The molecule has 4 nitrogen and oxygen atoms in total. The van der Waals surface area contributed by atoms with E-state index in [-0.39, 0.29) is 0 Å². The highest BCUT2D eigenvalue weighted by molar-refractivity contribution is 5.35. The fraction of sp³-hybridized carbons (Fsp3) is 0. The zero-order valence-electron chi connectivity index (χ0n) is 6.38. The highest BCUT2D eigenvalue weighted by Gasteiger charge is 1.95. The number of nitrogens with zero attached hydrogens (tertiary/aromatic N) is 4. The minimum atomic E-state index is 0.924. The lowest BCUT2D eigenvalue weighted by Crippen LogP contribution is -1.94. The van der Waals surface area contributed by atoms with E-state index in [9.17, 15) is 0 Å². The van der Waals surface area contributed by atoms with Crippen LogP contribution in [0.15, 0.2) is 30.6 Å². The second-order valence-electron chi connectivity index (χ2n) is 2.42. The van der Waals surface area contributed by atoms with Crippen LogP contribution in [-0.2, 0) is 0 Å². The first kappa shape index (κ1) is 6.97. The normalized spacial score (nSPS) is 10.1.